The summed E-state index contributed by atoms with van der Waals surface area (Å²) in [6.07, 6.45) is 0. The molecule has 0 spiro atoms. The number of halogens is 1. The third-order valence-corrected chi connectivity index (χ3v) is 4.72. The quantitative estimate of drug-likeness (QED) is 0.833. The lowest BCUT2D eigenvalue weighted by Gasteiger charge is -2.15. The van der Waals surface area contributed by atoms with E-state index < -0.39 is 0 Å². The minimum Gasteiger partial charge on any atom is -0.493 e. The van der Waals surface area contributed by atoms with E-state index in [1.165, 1.54) is 4.88 Å². The fourth-order valence-electron chi connectivity index (χ4n) is 1.98. The summed E-state index contributed by atoms with van der Waals surface area (Å²) in [5, 5.41) is 5.61. The number of hydrogen-bond acceptors (Lipinski definition) is 4. The van der Waals surface area contributed by atoms with Gasteiger partial charge in [0, 0.05) is 17.5 Å². The molecule has 0 aliphatic rings. The molecule has 0 aliphatic heterocycles. The summed E-state index contributed by atoms with van der Waals surface area (Å²) in [4.78, 5) is 1.34. The monoisotopic (exact) mass is 355 g/mol. The molecule has 0 saturated carbocycles. The third kappa shape index (κ3) is 3.53. The van der Waals surface area contributed by atoms with E-state index in [0.717, 1.165) is 28.1 Å². The van der Waals surface area contributed by atoms with E-state index in [1.54, 1.807) is 25.6 Å². The topological polar surface area (TPSA) is 30.5 Å². The molecule has 0 bridgehead atoms. The molecule has 1 heterocycles. The van der Waals surface area contributed by atoms with Gasteiger partial charge < -0.3 is 14.8 Å². The van der Waals surface area contributed by atoms with Crippen LogP contribution < -0.4 is 14.8 Å². The summed E-state index contributed by atoms with van der Waals surface area (Å²) in [6.45, 7) is 2.94. The molecule has 1 aromatic heterocycles. The Labute approximate surface area is 132 Å². The van der Waals surface area contributed by atoms with Gasteiger partial charge in [0.2, 0.25) is 0 Å². The van der Waals surface area contributed by atoms with Crippen LogP contribution in [0.3, 0.4) is 0 Å². The maximum Gasteiger partial charge on any atom is 0.174 e. The molecule has 1 atom stereocenters. The van der Waals surface area contributed by atoms with Gasteiger partial charge in [0.1, 0.15) is 0 Å². The van der Waals surface area contributed by atoms with Crippen molar-refractivity contribution in [3.8, 4) is 11.5 Å². The van der Waals surface area contributed by atoms with E-state index >= 15 is 0 Å². The first kappa shape index (κ1) is 15.4. The fraction of sp³-hybridized carbons (Fsp3) is 0.333. The summed E-state index contributed by atoms with van der Waals surface area (Å²) < 4.78 is 11.6. The lowest BCUT2D eigenvalue weighted by molar-refractivity contribution is 0.352. The van der Waals surface area contributed by atoms with Gasteiger partial charge in [-0.25, -0.2) is 0 Å². The molecule has 3 nitrogen and oxygen atoms in total. The SMILES string of the molecule is COc1cc(CN[C@H](C)c2cccs2)cc(Br)c1OC. The van der Waals surface area contributed by atoms with E-state index in [9.17, 15) is 0 Å². The fourth-order valence-corrected chi connectivity index (χ4v) is 3.39. The first-order chi connectivity index (χ1) is 9.65. The predicted molar refractivity (Wildman–Crippen MR) is 86.8 cm³/mol. The molecule has 0 radical (unpaired) electrons. The zero-order chi connectivity index (χ0) is 14.5. The molecule has 1 aromatic carbocycles. The van der Waals surface area contributed by atoms with Crippen LogP contribution in [0.2, 0.25) is 0 Å². The molecule has 0 saturated heterocycles. The van der Waals surface area contributed by atoms with Crippen LogP contribution in [-0.2, 0) is 6.54 Å². The van der Waals surface area contributed by atoms with Crippen molar-refractivity contribution >= 4 is 27.3 Å². The first-order valence-corrected chi connectivity index (χ1v) is 8.00. The van der Waals surface area contributed by atoms with E-state index in [2.05, 4.69) is 51.7 Å². The molecule has 1 N–H and O–H groups in total. The largest absolute Gasteiger partial charge is 0.493 e. The number of rotatable bonds is 6. The molecule has 2 rings (SSSR count). The third-order valence-electron chi connectivity index (χ3n) is 3.08. The maximum atomic E-state index is 5.36. The lowest BCUT2D eigenvalue weighted by Crippen LogP contribution is -2.17. The van der Waals surface area contributed by atoms with Gasteiger partial charge in [-0.3, -0.25) is 0 Å². The summed E-state index contributed by atoms with van der Waals surface area (Å²) in [6, 6.07) is 8.60. The standard InChI is InChI=1S/C15H18BrNO2S/c1-10(14-5-4-6-20-14)17-9-11-7-12(16)15(19-3)13(8-11)18-2/h4-8,10,17H,9H2,1-3H3/t10-/m1/s1. The Hall–Kier alpha value is -1.04. The van der Waals surface area contributed by atoms with Crippen LogP contribution in [0.25, 0.3) is 0 Å². The van der Waals surface area contributed by atoms with Crippen molar-refractivity contribution in [2.75, 3.05) is 14.2 Å². The van der Waals surface area contributed by atoms with Gasteiger partial charge in [0.25, 0.3) is 0 Å². The first-order valence-electron chi connectivity index (χ1n) is 6.33. The second kappa shape index (κ2) is 7.11. The van der Waals surface area contributed by atoms with Crippen LogP contribution >= 0.6 is 27.3 Å². The normalized spacial score (nSPS) is 12.2. The smallest absolute Gasteiger partial charge is 0.174 e. The van der Waals surface area contributed by atoms with Crippen molar-refractivity contribution in [2.24, 2.45) is 0 Å². The Kier molecular flexibility index (Phi) is 5.46. The van der Waals surface area contributed by atoms with Crippen molar-refractivity contribution in [3.63, 3.8) is 0 Å². The minimum atomic E-state index is 0.335. The van der Waals surface area contributed by atoms with Crippen molar-refractivity contribution in [2.45, 2.75) is 19.5 Å². The molecule has 0 fully saturated rings. The highest BCUT2D eigenvalue weighted by Crippen LogP contribution is 2.36. The molecule has 20 heavy (non-hydrogen) atoms. The number of ether oxygens (including phenoxy) is 2. The summed E-state index contributed by atoms with van der Waals surface area (Å²) in [5.74, 6) is 1.46. The summed E-state index contributed by atoms with van der Waals surface area (Å²) in [5.41, 5.74) is 1.15. The second-order valence-electron chi connectivity index (χ2n) is 4.43. The number of nitrogens with one attached hydrogen (secondary N) is 1. The highest BCUT2D eigenvalue weighted by atomic mass is 79.9. The van der Waals surface area contributed by atoms with Gasteiger partial charge in [-0.1, -0.05) is 6.07 Å². The van der Waals surface area contributed by atoms with Gasteiger partial charge in [0.05, 0.1) is 18.7 Å². The van der Waals surface area contributed by atoms with Gasteiger partial charge in [-0.2, -0.15) is 0 Å². The van der Waals surface area contributed by atoms with Crippen molar-refractivity contribution in [3.05, 3.63) is 44.6 Å². The van der Waals surface area contributed by atoms with Crippen LogP contribution in [0.15, 0.2) is 34.1 Å². The van der Waals surface area contributed by atoms with Crippen LogP contribution in [0, 0.1) is 0 Å². The van der Waals surface area contributed by atoms with Gasteiger partial charge in [-0.15, -0.1) is 11.3 Å². The second-order valence-corrected chi connectivity index (χ2v) is 6.26. The number of methoxy groups -OCH3 is 2. The predicted octanol–water partition coefficient (Wildman–Crippen LogP) is 4.38. The maximum absolute atomic E-state index is 5.36. The summed E-state index contributed by atoms with van der Waals surface area (Å²) >= 11 is 5.28. The molecule has 0 unspecified atom stereocenters. The molecule has 0 aliphatic carbocycles. The van der Waals surface area contributed by atoms with Crippen molar-refractivity contribution < 1.29 is 9.47 Å². The minimum absolute atomic E-state index is 0.335. The van der Waals surface area contributed by atoms with E-state index in [0.29, 0.717) is 6.04 Å². The van der Waals surface area contributed by atoms with Gasteiger partial charge in [0.15, 0.2) is 11.5 Å². The average molecular weight is 356 g/mol. The Morgan fingerprint density at radius 1 is 1.30 bits per heavy atom. The lowest BCUT2D eigenvalue weighted by atomic mass is 10.2. The Morgan fingerprint density at radius 2 is 2.10 bits per heavy atom. The van der Waals surface area contributed by atoms with E-state index in [4.69, 9.17) is 9.47 Å². The zero-order valence-corrected chi connectivity index (χ0v) is 14.2. The van der Waals surface area contributed by atoms with Gasteiger partial charge >= 0.3 is 0 Å². The van der Waals surface area contributed by atoms with Crippen LogP contribution in [0.4, 0.5) is 0 Å². The Balaban J connectivity index is 2.08. The van der Waals surface area contributed by atoms with Crippen molar-refractivity contribution in [1.29, 1.82) is 0 Å². The van der Waals surface area contributed by atoms with Crippen LogP contribution in [-0.4, -0.2) is 14.2 Å². The average Bonchev–Trinajstić information content (AvgIpc) is 2.98. The van der Waals surface area contributed by atoms with Crippen LogP contribution in [0.5, 0.6) is 11.5 Å². The molecular weight excluding hydrogens is 338 g/mol. The van der Waals surface area contributed by atoms with Crippen LogP contribution in [0.1, 0.15) is 23.4 Å². The number of hydrogen-bond donors (Lipinski definition) is 1. The number of thiophene rings is 1. The summed E-state index contributed by atoms with van der Waals surface area (Å²) in [7, 11) is 3.29. The number of benzene rings is 1. The zero-order valence-electron chi connectivity index (χ0n) is 11.8. The molecule has 0 amide bonds. The molecule has 5 heteroatoms. The Morgan fingerprint density at radius 3 is 2.70 bits per heavy atom. The molecule has 108 valence electrons. The highest BCUT2D eigenvalue weighted by Gasteiger charge is 2.11. The molecule has 2 aromatic rings. The molecular formula is C15H18BrNO2S. The van der Waals surface area contributed by atoms with Crippen molar-refractivity contribution in [1.82, 2.24) is 5.32 Å². The van der Waals surface area contributed by atoms with E-state index in [1.807, 2.05) is 6.07 Å². The van der Waals surface area contributed by atoms with E-state index in [-0.39, 0.29) is 0 Å². The highest BCUT2D eigenvalue weighted by molar-refractivity contribution is 9.10. The van der Waals surface area contributed by atoms with Gasteiger partial charge in [-0.05, 0) is 52.0 Å². The Bertz CT molecular complexity index is 557.